The van der Waals surface area contributed by atoms with Crippen LogP contribution in [0.4, 0.5) is 0 Å². The van der Waals surface area contributed by atoms with E-state index in [0.29, 0.717) is 19.4 Å². The van der Waals surface area contributed by atoms with Crippen LogP contribution in [0.2, 0.25) is 0 Å². The van der Waals surface area contributed by atoms with Crippen molar-refractivity contribution in [3.63, 3.8) is 0 Å². The molecule has 1 heterocycles. The molecule has 1 fully saturated rings. The van der Waals surface area contributed by atoms with Crippen molar-refractivity contribution in [3.05, 3.63) is 0 Å². The second-order valence-corrected chi connectivity index (χ2v) is 5.86. The summed E-state index contributed by atoms with van der Waals surface area (Å²) in [6.45, 7) is 2.42. The number of rotatable bonds is 5. The molecule has 2 unspecified atom stereocenters. The van der Waals surface area contributed by atoms with Crippen LogP contribution in [0, 0.1) is 0 Å². The molecule has 2 N–H and O–H groups in total. The molecule has 7 heteroatoms. The largest absolute Gasteiger partial charge is 0.481 e. The van der Waals surface area contributed by atoms with E-state index in [0.717, 1.165) is 0 Å². The molecule has 1 rings (SSSR count). The first kappa shape index (κ1) is 13.4. The first-order chi connectivity index (χ1) is 7.39. The van der Waals surface area contributed by atoms with Gasteiger partial charge in [0.2, 0.25) is 10.0 Å². The summed E-state index contributed by atoms with van der Waals surface area (Å²) >= 11 is 0. The highest BCUT2D eigenvalue weighted by Crippen LogP contribution is 2.14. The number of aliphatic carboxylic acids is 1. The van der Waals surface area contributed by atoms with Crippen LogP contribution >= 0.6 is 0 Å². The molecule has 0 saturated carbocycles. The Kier molecular flexibility index (Phi) is 4.69. The van der Waals surface area contributed by atoms with Gasteiger partial charge in [-0.15, -0.1) is 0 Å². The third-order valence-electron chi connectivity index (χ3n) is 2.42. The van der Waals surface area contributed by atoms with Crippen molar-refractivity contribution in [2.24, 2.45) is 0 Å². The van der Waals surface area contributed by atoms with E-state index in [-0.39, 0.29) is 24.3 Å². The molecule has 0 radical (unpaired) electrons. The second kappa shape index (κ2) is 5.60. The Morgan fingerprint density at radius 3 is 2.81 bits per heavy atom. The zero-order chi connectivity index (χ0) is 12.2. The molecular weight excluding hydrogens is 234 g/mol. The van der Waals surface area contributed by atoms with Gasteiger partial charge >= 0.3 is 5.97 Å². The minimum absolute atomic E-state index is 0.0425. The number of hydrogen-bond acceptors (Lipinski definition) is 4. The molecule has 0 spiro atoms. The van der Waals surface area contributed by atoms with Gasteiger partial charge in [-0.05, 0) is 19.8 Å². The van der Waals surface area contributed by atoms with Crippen molar-refractivity contribution >= 4 is 16.0 Å². The van der Waals surface area contributed by atoms with Crippen LogP contribution in [0.3, 0.4) is 0 Å². The average molecular weight is 251 g/mol. The third kappa shape index (κ3) is 4.91. The highest BCUT2D eigenvalue weighted by atomic mass is 32.2. The number of carbonyl (C=O) groups is 1. The van der Waals surface area contributed by atoms with Gasteiger partial charge in [-0.1, -0.05) is 0 Å². The number of carboxylic acids is 1. The van der Waals surface area contributed by atoms with Crippen LogP contribution in [0.15, 0.2) is 0 Å². The lowest BCUT2D eigenvalue weighted by molar-refractivity contribution is -0.136. The van der Waals surface area contributed by atoms with E-state index in [1.807, 2.05) is 6.92 Å². The van der Waals surface area contributed by atoms with E-state index < -0.39 is 16.0 Å². The maximum absolute atomic E-state index is 11.5. The minimum Gasteiger partial charge on any atom is -0.481 e. The summed E-state index contributed by atoms with van der Waals surface area (Å²) in [7, 11) is -3.49. The highest BCUT2D eigenvalue weighted by molar-refractivity contribution is 7.89. The Bertz CT molecular complexity index is 340. The minimum atomic E-state index is -3.49. The number of ether oxygens (including phenoxy) is 1. The molecule has 0 bridgehead atoms. The molecule has 0 aliphatic carbocycles. The fourth-order valence-corrected chi connectivity index (χ4v) is 2.92. The van der Waals surface area contributed by atoms with Crippen molar-refractivity contribution in [1.82, 2.24) is 4.72 Å². The number of hydrogen-bond donors (Lipinski definition) is 2. The molecule has 1 aliphatic rings. The molecule has 16 heavy (non-hydrogen) atoms. The zero-order valence-electron chi connectivity index (χ0n) is 9.18. The average Bonchev–Trinajstić information content (AvgIpc) is 2.14. The smallest absolute Gasteiger partial charge is 0.304 e. The molecule has 94 valence electrons. The van der Waals surface area contributed by atoms with E-state index in [4.69, 9.17) is 9.84 Å². The standard InChI is InChI=1S/C9H17NO5S/c1-7-6-8(2-4-15-7)10-16(13,14)5-3-9(11)12/h7-8,10H,2-6H2,1H3,(H,11,12). The van der Waals surface area contributed by atoms with Gasteiger partial charge in [0.25, 0.3) is 0 Å². The third-order valence-corrected chi connectivity index (χ3v) is 3.85. The van der Waals surface area contributed by atoms with Gasteiger partial charge in [0.15, 0.2) is 0 Å². The Balaban J connectivity index is 2.42. The van der Waals surface area contributed by atoms with Crippen LogP contribution in [0.5, 0.6) is 0 Å². The predicted molar refractivity (Wildman–Crippen MR) is 57.6 cm³/mol. The predicted octanol–water partition coefficient (Wildman–Crippen LogP) is -0.0520. The molecule has 1 aliphatic heterocycles. The lowest BCUT2D eigenvalue weighted by atomic mass is 10.1. The summed E-state index contributed by atoms with van der Waals surface area (Å²) < 4.78 is 30.8. The normalized spacial score (nSPS) is 26.6. The second-order valence-electron chi connectivity index (χ2n) is 3.98. The molecule has 0 aromatic carbocycles. The van der Waals surface area contributed by atoms with E-state index in [1.165, 1.54) is 0 Å². The number of sulfonamides is 1. The molecule has 0 aromatic rings. The van der Waals surface area contributed by atoms with Crippen LogP contribution < -0.4 is 4.72 Å². The van der Waals surface area contributed by atoms with Crippen LogP contribution in [-0.2, 0) is 19.6 Å². The van der Waals surface area contributed by atoms with E-state index in [2.05, 4.69) is 4.72 Å². The van der Waals surface area contributed by atoms with Gasteiger partial charge in [0.05, 0.1) is 18.3 Å². The summed E-state index contributed by atoms with van der Waals surface area (Å²) in [4.78, 5) is 10.3. The van der Waals surface area contributed by atoms with Crippen molar-refractivity contribution in [3.8, 4) is 0 Å². The Labute approximate surface area is 95.0 Å². The molecule has 0 aromatic heterocycles. The molecule has 1 saturated heterocycles. The lowest BCUT2D eigenvalue weighted by Gasteiger charge is -2.27. The van der Waals surface area contributed by atoms with Crippen molar-refractivity contribution in [1.29, 1.82) is 0 Å². The summed E-state index contributed by atoms with van der Waals surface area (Å²) in [6.07, 6.45) is 0.942. The lowest BCUT2D eigenvalue weighted by Crippen LogP contribution is -2.42. The Morgan fingerprint density at radius 2 is 2.25 bits per heavy atom. The van der Waals surface area contributed by atoms with E-state index in [9.17, 15) is 13.2 Å². The summed E-state index contributed by atoms with van der Waals surface area (Å²) in [5.74, 6) is -1.47. The summed E-state index contributed by atoms with van der Waals surface area (Å²) in [5, 5.41) is 8.41. The zero-order valence-corrected chi connectivity index (χ0v) is 10.00. The van der Waals surface area contributed by atoms with Crippen LogP contribution in [-0.4, -0.2) is 44.0 Å². The molecule has 6 nitrogen and oxygen atoms in total. The molecule has 0 amide bonds. The van der Waals surface area contributed by atoms with Crippen molar-refractivity contribution < 1.29 is 23.1 Å². The summed E-state index contributed by atoms with van der Waals surface area (Å²) in [5.41, 5.74) is 0. The first-order valence-electron chi connectivity index (χ1n) is 5.22. The Hall–Kier alpha value is -0.660. The van der Waals surface area contributed by atoms with Gasteiger partial charge in [-0.2, -0.15) is 0 Å². The van der Waals surface area contributed by atoms with E-state index in [1.54, 1.807) is 0 Å². The SMILES string of the molecule is CC1CC(NS(=O)(=O)CCC(=O)O)CCO1. The van der Waals surface area contributed by atoms with Crippen molar-refractivity contribution in [2.75, 3.05) is 12.4 Å². The maximum Gasteiger partial charge on any atom is 0.304 e. The van der Waals surface area contributed by atoms with Gasteiger partial charge < -0.3 is 9.84 Å². The first-order valence-corrected chi connectivity index (χ1v) is 6.87. The van der Waals surface area contributed by atoms with Gasteiger partial charge in [0, 0.05) is 12.6 Å². The topological polar surface area (TPSA) is 92.7 Å². The van der Waals surface area contributed by atoms with Crippen LogP contribution in [0.1, 0.15) is 26.2 Å². The maximum atomic E-state index is 11.5. The fourth-order valence-electron chi connectivity index (χ4n) is 1.64. The molecular formula is C9H17NO5S. The quantitative estimate of drug-likeness (QED) is 0.714. The number of carboxylic acid groups (broad SMARTS) is 1. The highest BCUT2D eigenvalue weighted by Gasteiger charge is 2.24. The van der Waals surface area contributed by atoms with Crippen molar-refractivity contribution in [2.45, 2.75) is 38.3 Å². The summed E-state index contributed by atoms with van der Waals surface area (Å²) in [6, 6.07) is -0.137. The van der Waals surface area contributed by atoms with Gasteiger partial charge in [0.1, 0.15) is 0 Å². The fraction of sp³-hybridized carbons (Fsp3) is 0.889. The van der Waals surface area contributed by atoms with Crippen LogP contribution in [0.25, 0.3) is 0 Å². The monoisotopic (exact) mass is 251 g/mol. The number of nitrogens with one attached hydrogen (secondary N) is 1. The Morgan fingerprint density at radius 1 is 1.56 bits per heavy atom. The molecule has 2 atom stereocenters. The van der Waals surface area contributed by atoms with E-state index >= 15 is 0 Å². The van der Waals surface area contributed by atoms with Gasteiger partial charge in [-0.3, -0.25) is 4.79 Å². The van der Waals surface area contributed by atoms with Gasteiger partial charge in [-0.25, -0.2) is 13.1 Å².